The molecule has 1 saturated heterocycles. The van der Waals surface area contributed by atoms with E-state index in [9.17, 15) is 9.59 Å². The van der Waals surface area contributed by atoms with Gasteiger partial charge in [0.2, 0.25) is 11.8 Å². The fraction of sp³-hybridized carbons (Fsp3) is 0.615. The lowest BCUT2D eigenvalue weighted by molar-refractivity contribution is -0.121. The van der Waals surface area contributed by atoms with Gasteiger partial charge >= 0.3 is 0 Å². The number of rotatable bonds is 6. The van der Waals surface area contributed by atoms with Crippen LogP contribution in [0.1, 0.15) is 25.5 Å². The topological polar surface area (TPSA) is 71.5 Å². The number of carbonyl (C=O) groups excluding carboxylic acids is 2. The first-order valence-corrected chi connectivity index (χ1v) is 7.51. The molecule has 1 atom stereocenters. The number of carbonyl (C=O) groups is 2. The zero-order valence-corrected chi connectivity index (χ0v) is 12.5. The third-order valence-corrected chi connectivity index (χ3v) is 3.92. The summed E-state index contributed by atoms with van der Waals surface area (Å²) in [6, 6.07) is -0.0224. The molecule has 1 aromatic rings. The fourth-order valence-electron chi connectivity index (χ4n) is 2.13. The second-order valence-electron chi connectivity index (χ2n) is 4.87. The maximum Gasteiger partial charge on any atom is 0.228 e. The van der Waals surface area contributed by atoms with Crippen LogP contribution in [0.15, 0.2) is 5.38 Å². The molecule has 2 rings (SSSR count). The molecule has 0 saturated carbocycles. The molecule has 1 unspecified atom stereocenters. The second-order valence-corrected chi connectivity index (χ2v) is 5.71. The van der Waals surface area contributed by atoms with Crippen LogP contribution in [0.4, 0.5) is 5.13 Å². The lowest BCUT2D eigenvalue weighted by atomic mass is 10.3. The van der Waals surface area contributed by atoms with Crippen LogP contribution in [0.5, 0.6) is 0 Å². The standard InChI is InChI=1S/C13H19N3O3S/c1-9(7-19-2)14-11(17)6-10-8-20-13(15-10)16-5-3-4-12(16)18/h8-9H,3-7H2,1-2H3,(H,14,17). The van der Waals surface area contributed by atoms with Gasteiger partial charge in [-0.1, -0.05) is 0 Å². The highest BCUT2D eigenvalue weighted by Gasteiger charge is 2.24. The van der Waals surface area contributed by atoms with E-state index in [1.54, 1.807) is 12.0 Å². The molecular weight excluding hydrogens is 278 g/mol. The van der Waals surface area contributed by atoms with Gasteiger partial charge in [0.05, 0.1) is 18.7 Å². The molecule has 1 aliphatic heterocycles. The van der Waals surface area contributed by atoms with E-state index in [-0.39, 0.29) is 24.3 Å². The van der Waals surface area contributed by atoms with Crippen LogP contribution in [0.25, 0.3) is 0 Å². The lowest BCUT2D eigenvalue weighted by Gasteiger charge is -2.12. The Morgan fingerprint density at radius 1 is 1.65 bits per heavy atom. The van der Waals surface area contributed by atoms with Crippen molar-refractivity contribution in [3.05, 3.63) is 11.1 Å². The van der Waals surface area contributed by atoms with Crippen molar-refractivity contribution >= 4 is 28.3 Å². The number of hydrogen-bond acceptors (Lipinski definition) is 5. The number of amides is 2. The Balaban J connectivity index is 1.89. The molecule has 1 aliphatic rings. The number of nitrogens with zero attached hydrogens (tertiary/aromatic N) is 2. The third kappa shape index (κ3) is 3.77. The van der Waals surface area contributed by atoms with Crippen molar-refractivity contribution < 1.29 is 14.3 Å². The molecule has 1 fully saturated rings. The predicted molar refractivity (Wildman–Crippen MR) is 76.9 cm³/mol. The van der Waals surface area contributed by atoms with Gasteiger partial charge in [-0.25, -0.2) is 4.98 Å². The van der Waals surface area contributed by atoms with E-state index in [1.165, 1.54) is 11.3 Å². The van der Waals surface area contributed by atoms with Crippen molar-refractivity contribution in [2.75, 3.05) is 25.2 Å². The van der Waals surface area contributed by atoms with Crippen LogP contribution < -0.4 is 10.2 Å². The molecule has 0 aliphatic carbocycles. The van der Waals surface area contributed by atoms with E-state index < -0.39 is 0 Å². The van der Waals surface area contributed by atoms with Gasteiger partial charge < -0.3 is 10.1 Å². The van der Waals surface area contributed by atoms with Crippen LogP contribution in [-0.2, 0) is 20.7 Å². The van der Waals surface area contributed by atoms with Crippen molar-refractivity contribution in [1.82, 2.24) is 10.3 Å². The summed E-state index contributed by atoms with van der Waals surface area (Å²) >= 11 is 1.41. The van der Waals surface area contributed by atoms with Crippen LogP contribution in [0.2, 0.25) is 0 Å². The van der Waals surface area contributed by atoms with Crippen molar-refractivity contribution in [2.24, 2.45) is 0 Å². The molecule has 110 valence electrons. The van der Waals surface area contributed by atoms with Gasteiger partial charge in [0.25, 0.3) is 0 Å². The number of methoxy groups -OCH3 is 1. The molecule has 0 spiro atoms. The zero-order chi connectivity index (χ0) is 14.5. The highest BCUT2D eigenvalue weighted by Crippen LogP contribution is 2.25. The summed E-state index contributed by atoms with van der Waals surface area (Å²) in [5.74, 6) is 0.0308. The van der Waals surface area contributed by atoms with Crippen LogP contribution in [-0.4, -0.2) is 43.1 Å². The first-order valence-electron chi connectivity index (χ1n) is 6.63. The average Bonchev–Trinajstić information content (AvgIpc) is 2.98. The highest BCUT2D eigenvalue weighted by atomic mass is 32.1. The lowest BCUT2D eigenvalue weighted by Crippen LogP contribution is -2.36. The van der Waals surface area contributed by atoms with E-state index in [0.717, 1.165) is 13.0 Å². The average molecular weight is 297 g/mol. The summed E-state index contributed by atoms with van der Waals surface area (Å²) in [7, 11) is 1.60. The molecule has 2 amide bonds. The Hall–Kier alpha value is -1.47. The quantitative estimate of drug-likeness (QED) is 0.849. The molecule has 7 heteroatoms. The normalized spacial score (nSPS) is 16.5. The molecule has 6 nitrogen and oxygen atoms in total. The van der Waals surface area contributed by atoms with Crippen molar-refractivity contribution in [1.29, 1.82) is 0 Å². The van der Waals surface area contributed by atoms with Crippen molar-refractivity contribution in [2.45, 2.75) is 32.2 Å². The van der Waals surface area contributed by atoms with Gasteiger partial charge in [-0.05, 0) is 13.3 Å². The van der Waals surface area contributed by atoms with Crippen molar-refractivity contribution in [3.63, 3.8) is 0 Å². The SMILES string of the molecule is COCC(C)NC(=O)Cc1csc(N2CCCC2=O)n1. The van der Waals surface area contributed by atoms with E-state index in [4.69, 9.17) is 4.74 Å². The summed E-state index contributed by atoms with van der Waals surface area (Å²) in [5.41, 5.74) is 0.701. The molecule has 0 radical (unpaired) electrons. The van der Waals surface area contributed by atoms with Crippen LogP contribution >= 0.6 is 11.3 Å². The number of hydrogen-bond donors (Lipinski definition) is 1. The highest BCUT2D eigenvalue weighted by molar-refractivity contribution is 7.14. The molecule has 1 aromatic heterocycles. The number of aromatic nitrogens is 1. The largest absolute Gasteiger partial charge is 0.383 e. The van der Waals surface area contributed by atoms with Crippen LogP contribution in [0.3, 0.4) is 0 Å². The van der Waals surface area contributed by atoms with E-state index in [0.29, 0.717) is 23.9 Å². The minimum atomic E-state index is -0.0841. The fourth-order valence-corrected chi connectivity index (χ4v) is 3.00. The molecule has 1 N–H and O–H groups in total. The summed E-state index contributed by atoms with van der Waals surface area (Å²) in [6.45, 7) is 3.09. The first kappa shape index (κ1) is 14.9. The zero-order valence-electron chi connectivity index (χ0n) is 11.7. The minimum Gasteiger partial charge on any atom is -0.383 e. The van der Waals surface area contributed by atoms with Gasteiger partial charge in [-0.15, -0.1) is 11.3 Å². The maximum absolute atomic E-state index is 11.8. The predicted octanol–water partition coefficient (Wildman–Crippen LogP) is 0.963. The number of thiazole rings is 1. The number of ether oxygens (including phenoxy) is 1. The van der Waals surface area contributed by atoms with E-state index >= 15 is 0 Å². The van der Waals surface area contributed by atoms with Gasteiger partial charge in [0.15, 0.2) is 5.13 Å². The summed E-state index contributed by atoms with van der Waals surface area (Å²) in [4.78, 5) is 29.5. The van der Waals surface area contributed by atoms with E-state index in [1.807, 2.05) is 12.3 Å². The molecule has 2 heterocycles. The molecule has 20 heavy (non-hydrogen) atoms. The molecule has 0 aromatic carbocycles. The number of nitrogens with one attached hydrogen (secondary N) is 1. The minimum absolute atomic E-state index is 0.0224. The van der Waals surface area contributed by atoms with Gasteiger partial charge in [0, 0.05) is 31.5 Å². The van der Waals surface area contributed by atoms with E-state index in [2.05, 4.69) is 10.3 Å². The Morgan fingerprint density at radius 2 is 2.45 bits per heavy atom. The summed E-state index contributed by atoms with van der Waals surface area (Å²) in [5, 5.41) is 5.37. The Bertz CT molecular complexity index is 489. The Kier molecular flexibility index (Phi) is 5.08. The Labute approximate surface area is 122 Å². The van der Waals surface area contributed by atoms with Gasteiger partial charge in [-0.3, -0.25) is 14.5 Å². The number of anilines is 1. The van der Waals surface area contributed by atoms with Crippen molar-refractivity contribution in [3.8, 4) is 0 Å². The maximum atomic E-state index is 11.8. The smallest absolute Gasteiger partial charge is 0.228 e. The monoisotopic (exact) mass is 297 g/mol. The molecule has 0 bridgehead atoms. The molecular formula is C13H19N3O3S. The summed E-state index contributed by atoms with van der Waals surface area (Å²) < 4.78 is 4.97. The third-order valence-electron chi connectivity index (χ3n) is 3.01. The van der Waals surface area contributed by atoms with Gasteiger partial charge in [-0.2, -0.15) is 0 Å². The second kappa shape index (κ2) is 6.81. The van der Waals surface area contributed by atoms with Crippen LogP contribution in [0, 0.1) is 0 Å². The Morgan fingerprint density at radius 3 is 3.10 bits per heavy atom. The first-order chi connectivity index (χ1) is 9.60. The van der Waals surface area contributed by atoms with Gasteiger partial charge in [0.1, 0.15) is 0 Å². The summed E-state index contributed by atoms with van der Waals surface area (Å²) in [6.07, 6.45) is 1.69.